The van der Waals surface area contributed by atoms with E-state index in [1.807, 2.05) is 20.8 Å². The Morgan fingerprint density at radius 2 is 1.89 bits per heavy atom. The van der Waals surface area contributed by atoms with Crippen LogP contribution >= 0.6 is 0 Å². The lowest BCUT2D eigenvalue weighted by atomic mass is 10.1. The van der Waals surface area contributed by atoms with Crippen molar-refractivity contribution in [2.45, 2.75) is 26.8 Å². The van der Waals surface area contributed by atoms with Crippen LogP contribution in [0.2, 0.25) is 0 Å². The Balaban J connectivity index is 3.50. The molecule has 0 aliphatic carbocycles. The molecule has 0 rings (SSSR count). The van der Waals surface area contributed by atoms with Crippen molar-refractivity contribution in [2.75, 3.05) is 0 Å². The predicted molar refractivity (Wildman–Crippen MR) is 37.0 cm³/mol. The number of primary amides is 1. The summed E-state index contributed by atoms with van der Waals surface area (Å²) in [5.41, 5.74) is 4.88. The number of nitrogens with two attached hydrogens (primary N) is 1. The smallest absolute Gasteiger partial charge is 0.312 e. The zero-order valence-electron chi connectivity index (χ0n) is 6.14. The predicted octanol–water partition coefficient (Wildman–Crippen LogP) is 0.699. The van der Waals surface area contributed by atoms with Gasteiger partial charge in [0, 0.05) is 6.04 Å². The molecular formula is C6H14N2O. The highest BCUT2D eigenvalue weighted by Crippen LogP contribution is 1.97. The number of carbonyl (C=O) groups is 1. The van der Waals surface area contributed by atoms with Crippen molar-refractivity contribution in [1.82, 2.24) is 5.32 Å². The molecular weight excluding hydrogens is 116 g/mol. The summed E-state index contributed by atoms with van der Waals surface area (Å²) in [6.45, 7) is 5.98. The maximum Gasteiger partial charge on any atom is 0.312 e. The first-order valence-corrected chi connectivity index (χ1v) is 3.10. The summed E-state index contributed by atoms with van der Waals surface area (Å²) in [4.78, 5) is 10.2. The molecule has 0 radical (unpaired) electrons. The molecule has 0 saturated heterocycles. The largest absolute Gasteiger partial charge is 0.352 e. The number of hydrogen-bond acceptors (Lipinski definition) is 1. The quantitative estimate of drug-likeness (QED) is 0.568. The summed E-state index contributed by atoms with van der Waals surface area (Å²) in [5, 5.41) is 2.58. The minimum absolute atomic E-state index is 0.169. The second-order valence-corrected chi connectivity index (χ2v) is 2.54. The van der Waals surface area contributed by atoms with Gasteiger partial charge in [0.05, 0.1) is 0 Å². The third-order valence-corrected chi connectivity index (χ3v) is 1.37. The van der Waals surface area contributed by atoms with Gasteiger partial charge in [-0.25, -0.2) is 4.79 Å². The molecule has 1 unspecified atom stereocenters. The molecule has 0 aromatic rings. The van der Waals surface area contributed by atoms with Crippen molar-refractivity contribution in [3.63, 3.8) is 0 Å². The van der Waals surface area contributed by atoms with E-state index in [-0.39, 0.29) is 6.04 Å². The van der Waals surface area contributed by atoms with Crippen LogP contribution in [0.3, 0.4) is 0 Å². The van der Waals surface area contributed by atoms with E-state index in [4.69, 9.17) is 5.73 Å². The van der Waals surface area contributed by atoms with Crippen LogP contribution in [0.15, 0.2) is 0 Å². The van der Waals surface area contributed by atoms with Crippen LogP contribution in [-0.4, -0.2) is 12.1 Å². The monoisotopic (exact) mass is 130 g/mol. The fourth-order valence-corrected chi connectivity index (χ4v) is 0.391. The van der Waals surface area contributed by atoms with E-state index < -0.39 is 6.03 Å². The van der Waals surface area contributed by atoms with Crippen molar-refractivity contribution in [2.24, 2.45) is 11.7 Å². The molecule has 0 bridgehead atoms. The highest BCUT2D eigenvalue weighted by molar-refractivity contribution is 5.71. The lowest BCUT2D eigenvalue weighted by Gasteiger charge is -2.14. The Labute approximate surface area is 55.6 Å². The van der Waals surface area contributed by atoms with Gasteiger partial charge in [0.25, 0.3) is 0 Å². The Hall–Kier alpha value is -0.730. The lowest BCUT2D eigenvalue weighted by molar-refractivity contribution is 0.242. The van der Waals surface area contributed by atoms with E-state index in [0.717, 1.165) is 0 Å². The van der Waals surface area contributed by atoms with Crippen molar-refractivity contribution in [1.29, 1.82) is 0 Å². The summed E-state index contributed by atoms with van der Waals surface area (Å²) >= 11 is 0. The summed E-state index contributed by atoms with van der Waals surface area (Å²) in [5.74, 6) is 0.442. The molecule has 0 spiro atoms. The minimum Gasteiger partial charge on any atom is -0.352 e. The van der Waals surface area contributed by atoms with Gasteiger partial charge in [0.2, 0.25) is 0 Å². The molecule has 0 fully saturated rings. The number of amides is 2. The third-order valence-electron chi connectivity index (χ3n) is 1.37. The lowest BCUT2D eigenvalue weighted by Crippen LogP contribution is -2.39. The molecule has 0 aliphatic rings. The van der Waals surface area contributed by atoms with Crippen molar-refractivity contribution >= 4 is 6.03 Å². The number of hydrogen-bond donors (Lipinski definition) is 2. The third kappa shape index (κ3) is 3.82. The van der Waals surface area contributed by atoms with Gasteiger partial charge in [0.1, 0.15) is 0 Å². The molecule has 0 aromatic heterocycles. The Bertz CT molecular complexity index is 101. The average Bonchev–Trinajstić information content (AvgIpc) is 1.63. The second-order valence-electron chi connectivity index (χ2n) is 2.54. The zero-order chi connectivity index (χ0) is 7.44. The summed E-state index contributed by atoms with van der Waals surface area (Å²) < 4.78 is 0. The Kier molecular flexibility index (Phi) is 3.06. The number of carbonyl (C=O) groups excluding carboxylic acids is 1. The highest BCUT2D eigenvalue weighted by atomic mass is 16.2. The van der Waals surface area contributed by atoms with Crippen LogP contribution in [0, 0.1) is 5.92 Å². The van der Waals surface area contributed by atoms with Crippen molar-refractivity contribution in [3.8, 4) is 0 Å². The SMILES string of the molecule is CC(C)C(C)NC(N)=O. The molecule has 0 saturated carbocycles. The topological polar surface area (TPSA) is 55.1 Å². The number of urea groups is 1. The van der Waals surface area contributed by atoms with E-state index in [9.17, 15) is 4.79 Å². The first-order chi connectivity index (χ1) is 4.04. The van der Waals surface area contributed by atoms with Gasteiger partial charge in [-0.2, -0.15) is 0 Å². The van der Waals surface area contributed by atoms with E-state index in [0.29, 0.717) is 5.92 Å². The molecule has 54 valence electrons. The normalized spacial score (nSPS) is 13.3. The Morgan fingerprint density at radius 3 is 2.00 bits per heavy atom. The molecule has 3 nitrogen and oxygen atoms in total. The van der Waals surface area contributed by atoms with Crippen LogP contribution in [0.4, 0.5) is 4.79 Å². The van der Waals surface area contributed by atoms with Gasteiger partial charge in [-0.1, -0.05) is 13.8 Å². The Morgan fingerprint density at radius 1 is 1.44 bits per heavy atom. The number of nitrogens with one attached hydrogen (secondary N) is 1. The van der Waals surface area contributed by atoms with Gasteiger partial charge in [-0.15, -0.1) is 0 Å². The maximum absolute atomic E-state index is 10.2. The summed E-state index contributed by atoms with van der Waals surface area (Å²) in [7, 11) is 0. The molecule has 0 heterocycles. The van der Waals surface area contributed by atoms with E-state index in [1.165, 1.54) is 0 Å². The van der Waals surface area contributed by atoms with Gasteiger partial charge in [-0.05, 0) is 12.8 Å². The average molecular weight is 130 g/mol. The van der Waals surface area contributed by atoms with E-state index in [1.54, 1.807) is 0 Å². The minimum atomic E-state index is -0.448. The summed E-state index contributed by atoms with van der Waals surface area (Å²) in [6.07, 6.45) is 0. The van der Waals surface area contributed by atoms with Crippen LogP contribution in [0.25, 0.3) is 0 Å². The van der Waals surface area contributed by atoms with Crippen molar-refractivity contribution in [3.05, 3.63) is 0 Å². The van der Waals surface area contributed by atoms with Crippen LogP contribution < -0.4 is 11.1 Å². The summed E-state index contributed by atoms with van der Waals surface area (Å²) in [6, 6.07) is -0.279. The first kappa shape index (κ1) is 8.27. The fraction of sp³-hybridized carbons (Fsp3) is 0.833. The van der Waals surface area contributed by atoms with Gasteiger partial charge in [0.15, 0.2) is 0 Å². The fourth-order valence-electron chi connectivity index (χ4n) is 0.391. The standard InChI is InChI=1S/C6H14N2O/c1-4(2)5(3)8-6(7)9/h4-5H,1-3H3,(H3,7,8,9). The van der Waals surface area contributed by atoms with Crippen LogP contribution in [0.5, 0.6) is 0 Å². The highest BCUT2D eigenvalue weighted by Gasteiger charge is 2.06. The molecule has 0 aromatic carbocycles. The van der Waals surface area contributed by atoms with Gasteiger partial charge >= 0.3 is 6.03 Å². The molecule has 3 N–H and O–H groups in total. The molecule has 9 heavy (non-hydrogen) atoms. The molecule has 0 aliphatic heterocycles. The van der Waals surface area contributed by atoms with Gasteiger partial charge in [-0.3, -0.25) is 0 Å². The zero-order valence-corrected chi connectivity index (χ0v) is 6.14. The van der Waals surface area contributed by atoms with E-state index in [2.05, 4.69) is 5.32 Å². The second kappa shape index (κ2) is 3.33. The molecule has 1 atom stereocenters. The van der Waals surface area contributed by atoms with Crippen LogP contribution in [-0.2, 0) is 0 Å². The maximum atomic E-state index is 10.2. The molecule has 3 heteroatoms. The number of rotatable bonds is 2. The molecule has 2 amide bonds. The van der Waals surface area contributed by atoms with Crippen molar-refractivity contribution < 1.29 is 4.79 Å². The first-order valence-electron chi connectivity index (χ1n) is 3.10. The van der Waals surface area contributed by atoms with Gasteiger partial charge < -0.3 is 11.1 Å². The van der Waals surface area contributed by atoms with Crippen LogP contribution in [0.1, 0.15) is 20.8 Å². The van der Waals surface area contributed by atoms with E-state index >= 15 is 0 Å².